The van der Waals surface area contributed by atoms with Crippen LogP contribution >= 0.6 is 0 Å². The summed E-state index contributed by atoms with van der Waals surface area (Å²) in [4.78, 5) is 0. The van der Waals surface area contributed by atoms with Crippen molar-refractivity contribution >= 4 is 0 Å². The Morgan fingerprint density at radius 3 is 2.83 bits per heavy atom. The summed E-state index contributed by atoms with van der Waals surface area (Å²) in [5.41, 5.74) is 6.07. The Labute approximate surface area is 70.8 Å². The van der Waals surface area contributed by atoms with E-state index in [1.54, 1.807) is 0 Å². The normalized spacial score (nSPS) is 12.9. The van der Waals surface area contributed by atoms with Gasteiger partial charge in [0.15, 0.2) is 0 Å². The van der Waals surface area contributed by atoms with E-state index in [0.29, 0.717) is 12.0 Å². The van der Waals surface area contributed by atoms with E-state index in [4.69, 9.17) is 5.73 Å². The minimum absolute atomic E-state index is 0.0716. The van der Waals surface area contributed by atoms with Crippen molar-refractivity contribution in [2.75, 3.05) is 0 Å². The summed E-state index contributed by atoms with van der Waals surface area (Å²) in [6, 6.07) is 3.80. The Hall–Kier alpha value is -1.09. The molecular formula is C9H12FNO. The SMILES string of the molecule is C[C@H](N)Cc1cc(F)ccc1O. The van der Waals surface area contributed by atoms with Crippen LogP contribution in [0.25, 0.3) is 0 Å². The topological polar surface area (TPSA) is 46.2 Å². The molecule has 0 saturated heterocycles. The summed E-state index contributed by atoms with van der Waals surface area (Å²) in [7, 11) is 0. The molecule has 0 bridgehead atoms. The number of hydrogen-bond donors (Lipinski definition) is 2. The van der Waals surface area contributed by atoms with Crippen LogP contribution in [0.2, 0.25) is 0 Å². The summed E-state index contributed by atoms with van der Waals surface area (Å²) in [5, 5.41) is 9.26. The van der Waals surface area contributed by atoms with Crippen LogP contribution in [0.15, 0.2) is 18.2 Å². The molecule has 1 aromatic carbocycles. The maximum Gasteiger partial charge on any atom is 0.123 e. The van der Waals surface area contributed by atoms with E-state index in [9.17, 15) is 9.50 Å². The molecule has 3 N–H and O–H groups in total. The monoisotopic (exact) mass is 169 g/mol. The van der Waals surface area contributed by atoms with Crippen molar-refractivity contribution < 1.29 is 9.50 Å². The fraction of sp³-hybridized carbons (Fsp3) is 0.333. The third-order valence-electron chi connectivity index (χ3n) is 1.58. The van der Waals surface area contributed by atoms with E-state index in [2.05, 4.69) is 0 Å². The first kappa shape index (κ1) is 9.00. The lowest BCUT2D eigenvalue weighted by Crippen LogP contribution is -2.17. The van der Waals surface area contributed by atoms with Gasteiger partial charge in [-0.15, -0.1) is 0 Å². The second-order valence-corrected chi connectivity index (χ2v) is 2.95. The van der Waals surface area contributed by atoms with Crippen molar-refractivity contribution in [3.05, 3.63) is 29.6 Å². The maximum absolute atomic E-state index is 12.6. The number of phenols is 1. The summed E-state index contributed by atoms with van der Waals surface area (Å²) in [5.74, 6) is -0.239. The van der Waals surface area contributed by atoms with Gasteiger partial charge in [0, 0.05) is 6.04 Å². The van der Waals surface area contributed by atoms with Gasteiger partial charge < -0.3 is 10.8 Å². The largest absolute Gasteiger partial charge is 0.508 e. The Morgan fingerprint density at radius 2 is 2.25 bits per heavy atom. The number of rotatable bonds is 2. The number of halogens is 1. The average molecular weight is 169 g/mol. The van der Waals surface area contributed by atoms with E-state index in [1.165, 1.54) is 18.2 Å². The zero-order valence-corrected chi connectivity index (χ0v) is 6.92. The Morgan fingerprint density at radius 1 is 1.58 bits per heavy atom. The van der Waals surface area contributed by atoms with Crippen molar-refractivity contribution in [2.24, 2.45) is 5.73 Å². The van der Waals surface area contributed by atoms with Crippen LogP contribution in [0.5, 0.6) is 5.75 Å². The summed E-state index contributed by atoms with van der Waals surface area (Å²) >= 11 is 0. The number of aromatic hydroxyl groups is 1. The molecule has 2 nitrogen and oxygen atoms in total. The van der Waals surface area contributed by atoms with Crippen molar-refractivity contribution in [2.45, 2.75) is 19.4 Å². The van der Waals surface area contributed by atoms with E-state index >= 15 is 0 Å². The molecule has 0 aliphatic heterocycles. The second kappa shape index (κ2) is 3.54. The molecule has 66 valence electrons. The fourth-order valence-electron chi connectivity index (χ4n) is 1.06. The summed E-state index contributed by atoms with van der Waals surface area (Å²) < 4.78 is 12.6. The molecular weight excluding hydrogens is 157 g/mol. The Kier molecular flexibility index (Phi) is 2.65. The van der Waals surface area contributed by atoms with Crippen molar-refractivity contribution in [3.8, 4) is 5.75 Å². The highest BCUT2D eigenvalue weighted by Gasteiger charge is 2.04. The molecule has 0 aliphatic carbocycles. The lowest BCUT2D eigenvalue weighted by Gasteiger charge is -2.06. The molecule has 0 saturated carbocycles. The number of nitrogens with two attached hydrogens (primary N) is 1. The Balaban J connectivity index is 2.90. The molecule has 0 fully saturated rings. The molecule has 0 unspecified atom stereocenters. The first-order valence-electron chi connectivity index (χ1n) is 3.82. The zero-order chi connectivity index (χ0) is 9.14. The average Bonchev–Trinajstić information content (AvgIpc) is 1.96. The van der Waals surface area contributed by atoms with Crippen molar-refractivity contribution in [1.82, 2.24) is 0 Å². The molecule has 0 aliphatic rings. The van der Waals surface area contributed by atoms with Crippen LogP contribution < -0.4 is 5.73 Å². The smallest absolute Gasteiger partial charge is 0.123 e. The van der Waals surface area contributed by atoms with Gasteiger partial charge in [0.25, 0.3) is 0 Å². The highest BCUT2D eigenvalue weighted by molar-refractivity contribution is 5.33. The first-order valence-corrected chi connectivity index (χ1v) is 3.82. The predicted molar refractivity (Wildman–Crippen MR) is 45.4 cm³/mol. The minimum atomic E-state index is -0.344. The van der Waals surface area contributed by atoms with E-state index in [-0.39, 0.29) is 17.6 Å². The third-order valence-corrected chi connectivity index (χ3v) is 1.58. The molecule has 0 aromatic heterocycles. The molecule has 1 aromatic rings. The predicted octanol–water partition coefficient (Wildman–Crippen LogP) is 1.42. The van der Waals surface area contributed by atoms with Crippen molar-refractivity contribution in [3.63, 3.8) is 0 Å². The molecule has 0 radical (unpaired) electrons. The molecule has 0 amide bonds. The molecule has 0 spiro atoms. The zero-order valence-electron chi connectivity index (χ0n) is 6.92. The van der Waals surface area contributed by atoms with Gasteiger partial charge in [-0.2, -0.15) is 0 Å². The standard InChI is InChI=1S/C9H12FNO/c1-6(11)4-7-5-8(10)2-3-9(7)12/h2-3,5-6,12H,4,11H2,1H3/t6-/m0/s1. The third kappa shape index (κ3) is 2.20. The lowest BCUT2D eigenvalue weighted by molar-refractivity contribution is 0.463. The van der Waals surface area contributed by atoms with Crippen LogP contribution in [-0.4, -0.2) is 11.1 Å². The van der Waals surface area contributed by atoms with Gasteiger partial charge >= 0.3 is 0 Å². The van der Waals surface area contributed by atoms with E-state index in [1.807, 2.05) is 6.92 Å². The van der Waals surface area contributed by atoms with Crippen molar-refractivity contribution in [1.29, 1.82) is 0 Å². The van der Waals surface area contributed by atoms with Crippen LogP contribution in [0.4, 0.5) is 4.39 Å². The quantitative estimate of drug-likeness (QED) is 0.703. The van der Waals surface area contributed by atoms with Crippen LogP contribution in [-0.2, 0) is 6.42 Å². The number of phenolic OH excluding ortho intramolecular Hbond substituents is 1. The Bertz CT molecular complexity index is 273. The van der Waals surface area contributed by atoms with Gasteiger partial charge in [0.2, 0.25) is 0 Å². The van der Waals surface area contributed by atoms with Gasteiger partial charge in [0.1, 0.15) is 11.6 Å². The lowest BCUT2D eigenvalue weighted by atomic mass is 10.1. The minimum Gasteiger partial charge on any atom is -0.508 e. The molecule has 3 heteroatoms. The van der Waals surface area contributed by atoms with Gasteiger partial charge in [-0.25, -0.2) is 4.39 Å². The van der Waals surface area contributed by atoms with Gasteiger partial charge in [-0.3, -0.25) is 0 Å². The van der Waals surface area contributed by atoms with E-state index < -0.39 is 0 Å². The maximum atomic E-state index is 12.6. The van der Waals surface area contributed by atoms with Gasteiger partial charge in [-0.05, 0) is 37.1 Å². The van der Waals surface area contributed by atoms with Gasteiger partial charge in [-0.1, -0.05) is 0 Å². The number of hydrogen-bond acceptors (Lipinski definition) is 2. The summed E-state index contributed by atoms with van der Waals surface area (Å²) in [6.07, 6.45) is 0.490. The van der Waals surface area contributed by atoms with E-state index in [0.717, 1.165) is 0 Å². The molecule has 12 heavy (non-hydrogen) atoms. The second-order valence-electron chi connectivity index (χ2n) is 2.95. The van der Waals surface area contributed by atoms with Crippen LogP contribution in [0, 0.1) is 5.82 Å². The molecule has 0 heterocycles. The van der Waals surface area contributed by atoms with Crippen LogP contribution in [0.1, 0.15) is 12.5 Å². The van der Waals surface area contributed by atoms with Crippen LogP contribution in [0.3, 0.4) is 0 Å². The van der Waals surface area contributed by atoms with Gasteiger partial charge in [0.05, 0.1) is 0 Å². The molecule has 1 rings (SSSR count). The number of benzene rings is 1. The highest BCUT2D eigenvalue weighted by atomic mass is 19.1. The highest BCUT2D eigenvalue weighted by Crippen LogP contribution is 2.18. The molecule has 1 atom stereocenters. The summed E-state index contributed by atoms with van der Waals surface area (Å²) in [6.45, 7) is 1.81. The fourth-order valence-corrected chi connectivity index (χ4v) is 1.06. The first-order chi connectivity index (χ1) is 5.59.